The highest BCUT2D eigenvalue weighted by Gasteiger charge is 2.15. The predicted octanol–water partition coefficient (Wildman–Crippen LogP) is 7.69. The number of pyridine rings is 2. The summed E-state index contributed by atoms with van der Waals surface area (Å²) in [6.45, 7) is 0. The summed E-state index contributed by atoms with van der Waals surface area (Å²) in [5.74, 6) is 0. The van der Waals surface area contributed by atoms with Crippen molar-refractivity contribution in [3.8, 4) is 0 Å². The minimum atomic E-state index is 0. The van der Waals surface area contributed by atoms with E-state index in [-0.39, 0.29) is 12.4 Å². The van der Waals surface area contributed by atoms with Gasteiger partial charge in [0.1, 0.15) is 0 Å². The Balaban J connectivity index is 0.000000168. The maximum atomic E-state index is 4.12. The topological polar surface area (TPSA) is 25.8 Å². The van der Waals surface area contributed by atoms with Crippen molar-refractivity contribution < 1.29 is 0 Å². The molecular weight excluding hydrogens is 456 g/mol. The molecule has 2 nitrogen and oxygen atoms in total. The first-order valence-corrected chi connectivity index (χ1v) is 10.9. The highest BCUT2D eigenvalue weighted by atomic mass is 79.9. The van der Waals surface area contributed by atoms with E-state index in [4.69, 9.17) is 0 Å². The summed E-state index contributed by atoms with van der Waals surface area (Å²) in [5.41, 5.74) is 4.07. The summed E-state index contributed by atoms with van der Waals surface area (Å²) in [6, 6.07) is 21.5. The Bertz CT molecular complexity index is 1270. The molecule has 0 unspecified atom stereocenters. The minimum absolute atomic E-state index is 0. The van der Waals surface area contributed by atoms with Gasteiger partial charge in [0.25, 0.3) is 0 Å². The molecule has 0 atom stereocenters. The summed E-state index contributed by atoms with van der Waals surface area (Å²) in [5, 5.41) is 6.66. The van der Waals surface area contributed by atoms with Gasteiger partial charge in [-0.25, -0.2) is 0 Å². The molecule has 5 aromatic rings. The molecule has 1 aliphatic rings. The first-order chi connectivity index (χ1) is 14.3. The van der Waals surface area contributed by atoms with Crippen LogP contribution in [0.3, 0.4) is 0 Å². The molecule has 30 heavy (non-hydrogen) atoms. The average Bonchev–Trinajstić information content (AvgIpc) is 2.79. The van der Waals surface area contributed by atoms with Crippen molar-refractivity contribution in [2.24, 2.45) is 0 Å². The molecule has 2 aromatic heterocycles. The van der Waals surface area contributed by atoms with E-state index in [0.717, 1.165) is 10.9 Å². The first kappa shape index (κ1) is 20.8. The lowest BCUT2D eigenvalue weighted by Gasteiger charge is -2.19. The van der Waals surface area contributed by atoms with Crippen molar-refractivity contribution in [2.45, 2.75) is 25.7 Å². The number of hydrogen-bond acceptors (Lipinski definition) is 2. The Hall–Kier alpha value is -2.49. The van der Waals surface area contributed by atoms with Gasteiger partial charge < -0.3 is 0 Å². The van der Waals surface area contributed by atoms with Crippen molar-refractivity contribution in [1.82, 2.24) is 9.97 Å². The molecule has 0 saturated heterocycles. The van der Waals surface area contributed by atoms with Crippen LogP contribution in [-0.4, -0.2) is 9.97 Å². The van der Waals surface area contributed by atoms with E-state index >= 15 is 0 Å². The molecule has 1 aliphatic carbocycles. The summed E-state index contributed by atoms with van der Waals surface area (Å²) in [7, 11) is 0. The van der Waals surface area contributed by atoms with Crippen molar-refractivity contribution in [3.05, 3.63) is 94.9 Å². The summed E-state index contributed by atoms with van der Waals surface area (Å²) in [4.78, 5) is 8.07. The van der Waals surface area contributed by atoms with Crippen molar-refractivity contribution in [2.75, 3.05) is 0 Å². The number of aryl methyl sites for hydroxylation is 2. The van der Waals surface area contributed by atoms with E-state index in [1.807, 2.05) is 18.2 Å². The third-order valence-corrected chi connectivity index (χ3v) is 6.34. The molecule has 2 heterocycles. The van der Waals surface area contributed by atoms with Crippen LogP contribution < -0.4 is 0 Å². The molecular formula is C26H22BrClN2. The number of fused-ring (bicyclic) bond motifs is 6. The standard InChI is InChI=1S/C18H15Br.C8H6N2.ClH/c19-17-11-13-6-2-3-7-14(13)16-10-9-12-5-1-4-8-15(12)18(16)17;1-2-7-3-5-9-6-8(7)10-4-1;/h2-3,6-7,9-11H,1,4-5,8H2;1-6H;1H. The van der Waals surface area contributed by atoms with Gasteiger partial charge in [-0.2, -0.15) is 0 Å². The van der Waals surface area contributed by atoms with Gasteiger partial charge in [-0.05, 0) is 76.6 Å². The van der Waals surface area contributed by atoms with Crippen molar-refractivity contribution in [1.29, 1.82) is 0 Å². The van der Waals surface area contributed by atoms with Crippen LogP contribution in [0.2, 0.25) is 0 Å². The van der Waals surface area contributed by atoms with E-state index in [1.165, 1.54) is 51.7 Å². The van der Waals surface area contributed by atoms with E-state index in [2.05, 4.69) is 68.4 Å². The Labute approximate surface area is 190 Å². The zero-order valence-electron chi connectivity index (χ0n) is 16.5. The van der Waals surface area contributed by atoms with Crippen LogP contribution in [0.15, 0.2) is 83.7 Å². The molecule has 0 bridgehead atoms. The first-order valence-electron chi connectivity index (χ1n) is 10.1. The highest BCUT2D eigenvalue weighted by molar-refractivity contribution is 9.10. The lowest BCUT2D eigenvalue weighted by atomic mass is 9.86. The van der Waals surface area contributed by atoms with Gasteiger partial charge in [-0.3, -0.25) is 9.97 Å². The van der Waals surface area contributed by atoms with Gasteiger partial charge in [-0.1, -0.05) is 58.4 Å². The van der Waals surface area contributed by atoms with Gasteiger partial charge in [0, 0.05) is 22.3 Å². The Morgan fingerprint density at radius 3 is 2.50 bits per heavy atom. The van der Waals surface area contributed by atoms with Crippen LogP contribution >= 0.6 is 28.3 Å². The zero-order valence-corrected chi connectivity index (χ0v) is 18.9. The molecule has 0 N–H and O–H groups in total. The lowest BCUT2D eigenvalue weighted by Crippen LogP contribution is -2.03. The third kappa shape index (κ3) is 3.92. The van der Waals surface area contributed by atoms with Crippen LogP contribution in [0.4, 0.5) is 0 Å². The van der Waals surface area contributed by atoms with Gasteiger partial charge in [0.05, 0.1) is 11.7 Å². The number of rotatable bonds is 0. The molecule has 0 aliphatic heterocycles. The summed E-state index contributed by atoms with van der Waals surface area (Å²) < 4.78 is 1.25. The van der Waals surface area contributed by atoms with E-state index in [9.17, 15) is 0 Å². The monoisotopic (exact) mass is 476 g/mol. The van der Waals surface area contributed by atoms with Crippen LogP contribution in [-0.2, 0) is 12.8 Å². The number of aromatic nitrogens is 2. The fourth-order valence-corrected chi connectivity index (χ4v) is 5.02. The molecule has 0 saturated carbocycles. The Kier molecular flexibility index (Phi) is 6.31. The van der Waals surface area contributed by atoms with Gasteiger partial charge in [0.15, 0.2) is 0 Å². The fraction of sp³-hybridized carbons (Fsp3) is 0.154. The third-order valence-electron chi connectivity index (χ3n) is 5.71. The fourth-order valence-electron chi connectivity index (χ4n) is 4.32. The maximum Gasteiger partial charge on any atom is 0.0885 e. The second-order valence-corrected chi connectivity index (χ2v) is 8.34. The minimum Gasteiger partial charge on any atom is -0.262 e. The molecule has 0 radical (unpaired) electrons. The van der Waals surface area contributed by atoms with Crippen LogP contribution in [0.25, 0.3) is 32.4 Å². The van der Waals surface area contributed by atoms with Gasteiger partial charge >= 0.3 is 0 Å². The maximum absolute atomic E-state index is 4.12. The molecule has 0 fully saturated rings. The molecule has 6 rings (SSSR count). The SMILES string of the molecule is Brc1cc2ccccc2c2ccc3c(c12)CCCC3.Cl.c1cnc2cnccc2c1. The highest BCUT2D eigenvalue weighted by Crippen LogP contribution is 2.37. The molecule has 150 valence electrons. The van der Waals surface area contributed by atoms with Crippen LogP contribution in [0, 0.1) is 0 Å². The number of benzene rings is 3. The van der Waals surface area contributed by atoms with E-state index in [0.29, 0.717) is 0 Å². The summed E-state index contributed by atoms with van der Waals surface area (Å²) in [6.07, 6.45) is 10.4. The number of halogens is 2. The van der Waals surface area contributed by atoms with Crippen LogP contribution in [0.5, 0.6) is 0 Å². The molecule has 0 amide bonds. The molecule has 3 aromatic carbocycles. The smallest absolute Gasteiger partial charge is 0.0885 e. The predicted molar refractivity (Wildman–Crippen MR) is 133 cm³/mol. The Morgan fingerprint density at radius 2 is 1.60 bits per heavy atom. The van der Waals surface area contributed by atoms with Crippen molar-refractivity contribution >= 4 is 60.8 Å². The van der Waals surface area contributed by atoms with Gasteiger partial charge in [0.2, 0.25) is 0 Å². The number of nitrogens with zero attached hydrogens (tertiary/aromatic N) is 2. The normalized spacial score (nSPS) is 12.7. The number of hydrogen-bond donors (Lipinski definition) is 0. The molecule has 4 heteroatoms. The lowest BCUT2D eigenvalue weighted by molar-refractivity contribution is 0.690. The largest absolute Gasteiger partial charge is 0.262 e. The van der Waals surface area contributed by atoms with E-state index in [1.54, 1.807) is 29.7 Å². The van der Waals surface area contributed by atoms with Crippen molar-refractivity contribution in [3.63, 3.8) is 0 Å². The Morgan fingerprint density at radius 1 is 0.767 bits per heavy atom. The summed E-state index contributed by atoms with van der Waals surface area (Å²) >= 11 is 3.80. The second kappa shape index (κ2) is 9.11. The zero-order chi connectivity index (χ0) is 19.6. The van der Waals surface area contributed by atoms with E-state index < -0.39 is 0 Å². The van der Waals surface area contributed by atoms with Gasteiger partial charge in [-0.15, -0.1) is 12.4 Å². The quantitative estimate of drug-likeness (QED) is 0.214. The molecule has 0 spiro atoms. The average molecular weight is 478 g/mol. The second-order valence-electron chi connectivity index (χ2n) is 7.48. The van der Waals surface area contributed by atoms with Crippen LogP contribution in [0.1, 0.15) is 24.0 Å².